The number of hydrogen-bond acceptors (Lipinski definition) is 4. The van der Waals surface area contributed by atoms with Crippen molar-refractivity contribution < 1.29 is 9.52 Å². The maximum absolute atomic E-state index is 9.51. The van der Waals surface area contributed by atoms with Gasteiger partial charge in [-0.1, -0.05) is 12.1 Å². The minimum Gasteiger partial charge on any atom is -0.508 e. The number of phenolic OH excluding ortho intramolecular Hbond substituents is 1. The van der Waals surface area contributed by atoms with Crippen LogP contribution in [0.25, 0.3) is 21.8 Å². The van der Waals surface area contributed by atoms with Gasteiger partial charge < -0.3 is 9.52 Å². The van der Waals surface area contributed by atoms with E-state index in [2.05, 4.69) is 4.98 Å². The molecule has 0 aliphatic rings. The summed E-state index contributed by atoms with van der Waals surface area (Å²) >= 11 is 1.56. The lowest BCUT2D eigenvalue weighted by Crippen LogP contribution is -1.79. The lowest BCUT2D eigenvalue weighted by molar-refractivity contribution is 0.475. The van der Waals surface area contributed by atoms with Gasteiger partial charge in [-0.3, -0.25) is 0 Å². The van der Waals surface area contributed by atoms with Crippen LogP contribution in [-0.4, -0.2) is 10.1 Å². The van der Waals surface area contributed by atoms with E-state index in [9.17, 15) is 5.11 Å². The largest absolute Gasteiger partial charge is 0.508 e. The van der Waals surface area contributed by atoms with Crippen molar-refractivity contribution in [2.24, 2.45) is 0 Å². The van der Waals surface area contributed by atoms with Crippen molar-refractivity contribution in [3.63, 3.8) is 0 Å². The predicted octanol–water partition coefficient (Wildman–Crippen LogP) is 4.39. The minimum absolute atomic E-state index is 0.254. The van der Waals surface area contributed by atoms with Gasteiger partial charge in [0, 0.05) is 16.5 Å². The number of thiazole rings is 1. The molecule has 1 N–H and O–H groups in total. The zero-order valence-corrected chi connectivity index (χ0v) is 11.5. The van der Waals surface area contributed by atoms with Crippen molar-refractivity contribution in [1.29, 1.82) is 0 Å². The first-order valence-electron chi connectivity index (χ1n) is 5.96. The van der Waals surface area contributed by atoms with E-state index in [0.29, 0.717) is 0 Å². The quantitative estimate of drug-likeness (QED) is 0.751. The molecule has 3 rings (SSSR count). The maximum atomic E-state index is 9.51. The monoisotopic (exact) mass is 271 g/mol. The van der Waals surface area contributed by atoms with Crippen molar-refractivity contribution in [3.05, 3.63) is 47.2 Å². The number of furan rings is 1. The van der Waals surface area contributed by atoms with Crippen molar-refractivity contribution in [2.45, 2.75) is 13.8 Å². The Morgan fingerprint density at radius 3 is 2.74 bits per heavy atom. The van der Waals surface area contributed by atoms with E-state index in [1.54, 1.807) is 23.5 Å². The van der Waals surface area contributed by atoms with Crippen LogP contribution in [0, 0.1) is 13.8 Å². The van der Waals surface area contributed by atoms with Gasteiger partial charge in [-0.15, -0.1) is 11.3 Å². The Kier molecular flexibility index (Phi) is 2.87. The van der Waals surface area contributed by atoms with Crippen molar-refractivity contribution >= 4 is 11.3 Å². The molecule has 0 spiro atoms. The number of rotatable bonds is 2. The van der Waals surface area contributed by atoms with Crippen molar-refractivity contribution in [2.75, 3.05) is 0 Å². The van der Waals surface area contributed by atoms with E-state index in [4.69, 9.17) is 4.42 Å². The summed E-state index contributed by atoms with van der Waals surface area (Å²) in [6.07, 6.45) is 0. The molecular formula is C15H13NO2S. The first-order valence-corrected chi connectivity index (χ1v) is 6.84. The minimum atomic E-state index is 0.254. The average molecular weight is 271 g/mol. The lowest BCUT2D eigenvalue weighted by Gasteiger charge is -1.97. The molecule has 0 aliphatic carbocycles. The van der Waals surface area contributed by atoms with Gasteiger partial charge in [0.1, 0.15) is 22.3 Å². The van der Waals surface area contributed by atoms with E-state index in [-0.39, 0.29) is 5.75 Å². The number of nitrogens with zero attached hydrogens (tertiary/aromatic N) is 1. The normalized spacial score (nSPS) is 10.8. The molecule has 1 aromatic carbocycles. The molecule has 0 radical (unpaired) electrons. The third-order valence-corrected chi connectivity index (χ3v) is 3.81. The Bertz CT molecular complexity index is 727. The fourth-order valence-electron chi connectivity index (χ4n) is 2.05. The highest BCUT2D eigenvalue weighted by Crippen LogP contribution is 2.32. The summed E-state index contributed by atoms with van der Waals surface area (Å²) in [7, 11) is 0. The standard InChI is InChI=1S/C15H13NO2S/c1-9-6-13(10(2)18-9)14-8-19-15(16-14)11-4-3-5-12(17)7-11/h3-8,17H,1-2H3. The molecule has 0 aliphatic heterocycles. The van der Waals surface area contributed by atoms with Crippen molar-refractivity contribution in [1.82, 2.24) is 4.98 Å². The third kappa shape index (κ3) is 2.27. The molecule has 19 heavy (non-hydrogen) atoms. The molecule has 2 aromatic heterocycles. The van der Waals surface area contributed by atoms with Gasteiger partial charge in [-0.05, 0) is 32.0 Å². The summed E-state index contributed by atoms with van der Waals surface area (Å²) < 4.78 is 5.53. The topological polar surface area (TPSA) is 46.3 Å². The van der Waals surface area contributed by atoms with Crippen LogP contribution in [0.15, 0.2) is 40.1 Å². The molecule has 0 saturated carbocycles. The van der Waals surface area contributed by atoms with Gasteiger partial charge in [0.25, 0.3) is 0 Å². The molecule has 0 unspecified atom stereocenters. The number of hydrogen-bond donors (Lipinski definition) is 1. The average Bonchev–Trinajstić information content (AvgIpc) is 2.96. The fraction of sp³-hybridized carbons (Fsp3) is 0.133. The number of aromatic nitrogens is 1. The van der Waals surface area contributed by atoms with Crippen LogP contribution >= 0.6 is 11.3 Å². The summed E-state index contributed by atoms with van der Waals surface area (Å²) in [5.74, 6) is 2.02. The predicted molar refractivity (Wildman–Crippen MR) is 76.4 cm³/mol. The molecule has 96 valence electrons. The summed E-state index contributed by atoms with van der Waals surface area (Å²) in [4.78, 5) is 4.61. The molecule has 0 bridgehead atoms. The van der Waals surface area contributed by atoms with Crippen molar-refractivity contribution in [3.8, 4) is 27.6 Å². The van der Waals surface area contributed by atoms with Gasteiger partial charge in [0.15, 0.2) is 0 Å². The van der Waals surface area contributed by atoms with Crippen LogP contribution in [-0.2, 0) is 0 Å². The molecule has 2 heterocycles. The highest BCUT2D eigenvalue weighted by Gasteiger charge is 2.12. The molecule has 0 amide bonds. The summed E-state index contributed by atoms with van der Waals surface area (Å²) in [5, 5.41) is 12.4. The summed E-state index contributed by atoms with van der Waals surface area (Å²) in [6, 6.07) is 9.13. The highest BCUT2D eigenvalue weighted by molar-refractivity contribution is 7.13. The molecule has 0 fully saturated rings. The van der Waals surface area contributed by atoms with Gasteiger partial charge in [-0.2, -0.15) is 0 Å². The van der Waals surface area contributed by atoms with Gasteiger partial charge >= 0.3 is 0 Å². The summed E-state index contributed by atoms with van der Waals surface area (Å²) in [6.45, 7) is 3.87. The highest BCUT2D eigenvalue weighted by atomic mass is 32.1. The third-order valence-electron chi connectivity index (χ3n) is 2.91. The van der Waals surface area contributed by atoms with E-state index >= 15 is 0 Å². The molecule has 0 atom stereocenters. The Morgan fingerprint density at radius 2 is 2.05 bits per heavy atom. The van der Waals surface area contributed by atoms with E-state index in [1.807, 2.05) is 37.4 Å². The number of benzene rings is 1. The second-order valence-corrected chi connectivity index (χ2v) is 5.27. The van der Waals surface area contributed by atoms with Crippen LogP contribution in [0.1, 0.15) is 11.5 Å². The number of aromatic hydroxyl groups is 1. The molecule has 3 aromatic rings. The van der Waals surface area contributed by atoms with Gasteiger partial charge in [0.2, 0.25) is 0 Å². The molecule has 0 saturated heterocycles. The van der Waals surface area contributed by atoms with Crippen LogP contribution in [0.4, 0.5) is 0 Å². The van der Waals surface area contributed by atoms with Gasteiger partial charge in [0.05, 0.1) is 5.69 Å². The van der Waals surface area contributed by atoms with E-state index in [1.165, 1.54) is 0 Å². The SMILES string of the molecule is Cc1cc(-c2csc(-c3cccc(O)c3)n2)c(C)o1. The fourth-order valence-corrected chi connectivity index (χ4v) is 2.87. The van der Waals surface area contributed by atoms with Crippen LogP contribution in [0.5, 0.6) is 5.75 Å². The molecule has 3 nitrogen and oxygen atoms in total. The van der Waals surface area contributed by atoms with E-state index in [0.717, 1.165) is 33.3 Å². The summed E-state index contributed by atoms with van der Waals surface area (Å²) in [5.41, 5.74) is 2.87. The Morgan fingerprint density at radius 1 is 1.21 bits per heavy atom. The first-order chi connectivity index (χ1) is 9.13. The lowest BCUT2D eigenvalue weighted by atomic mass is 10.2. The van der Waals surface area contributed by atoms with Gasteiger partial charge in [-0.25, -0.2) is 4.98 Å². The molecular weight excluding hydrogens is 258 g/mol. The van der Waals surface area contributed by atoms with Crippen LogP contribution < -0.4 is 0 Å². The Hall–Kier alpha value is -2.07. The second-order valence-electron chi connectivity index (χ2n) is 4.42. The molecule has 4 heteroatoms. The Labute approximate surface area is 115 Å². The van der Waals surface area contributed by atoms with Crippen LogP contribution in [0.2, 0.25) is 0 Å². The zero-order valence-electron chi connectivity index (χ0n) is 10.7. The number of aryl methyl sites for hydroxylation is 2. The maximum Gasteiger partial charge on any atom is 0.124 e. The van der Waals surface area contributed by atoms with Crippen LogP contribution in [0.3, 0.4) is 0 Å². The Balaban J connectivity index is 2.02. The number of phenols is 1. The smallest absolute Gasteiger partial charge is 0.124 e. The first kappa shape index (κ1) is 12.0. The van der Waals surface area contributed by atoms with E-state index < -0.39 is 0 Å². The zero-order chi connectivity index (χ0) is 13.4. The second kappa shape index (κ2) is 4.55.